The van der Waals surface area contributed by atoms with E-state index in [1.807, 2.05) is 6.07 Å². The van der Waals surface area contributed by atoms with Gasteiger partial charge in [-0.1, -0.05) is 0 Å². The van der Waals surface area contributed by atoms with E-state index in [0.29, 0.717) is 13.0 Å². The summed E-state index contributed by atoms with van der Waals surface area (Å²) in [5, 5.41) is 8.24. The van der Waals surface area contributed by atoms with E-state index in [4.69, 9.17) is 15.7 Å². The summed E-state index contributed by atoms with van der Waals surface area (Å²) in [6.07, 6.45) is 1.42. The van der Waals surface area contributed by atoms with Crippen LogP contribution in [0.1, 0.15) is 12.8 Å². The molecule has 50 valence electrons. The van der Waals surface area contributed by atoms with Crippen LogP contribution in [0.4, 0.5) is 0 Å². The molecular formula is C6H10N2O. The largest absolute Gasteiger partial charge is 0.375 e. The lowest BCUT2D eigenvalue weighted by atomic mass is 10.1. The Labute approximate surface area is 54.4 Å². The number of nitrogens with zero attached hydrogens (tertiary/aromatic N) is 1. The second-order valence-electron chi connectivity index (χ2n) is 2.31. The Hall–Kier alpha value is -0.590. The Morgan fingerprint density at radius 2 is 2.56 bits per heavy atom. The third-order valence-corrected chi connectivity index (χ3v) is 1.43. The van der Waals surface area contributed by atoms with Crippen LogP contribution in [0.5, 0.6) is 0 Å². The molecule has 1 saturated heterocycles. The van der Waals surface area contributed by atoms with Crippen molar-refractivity contribution in [1.29, 1.82) is 5.26 Å². The number of hydrogen-bond donors (Lipinski definition) is 1. The predicted molar refractivity (Wildman–Crippen MR) is 32.6 cm³/mol. The number of ether oxygens (including phenoxy) is 1. The highest BCUT2D eigenvalue weighted by atomic mass is 16.5. The Morgan fingerprint density at radius 1 is 1.78 bits per heavy atom. The minimum Gasteiger partial charge on any atom is -0.375 e. The van der Waals surface area contributed by atoms with Crippen molar-refractivity contribution in [2.24, 2.45) is 5.73 Å². The lowest BCUT2D eigenvalue weighted by molar-refractivity contribution is 0.113. The van der Waals surface area contributed by atoms with Gasteiger partial charge >= 0.3 is 0 Å². The topological polar surface area (TPSA) is 59.0 Å². The van der Waals surface area contributed by atoms with Crippen molar-refractivity contribution in [1.82, 2.24) is 0 Å². The quantitative estimate of drug-likeness (QED) is 0.538. The minimum absolute atomic E-state index is 0.102. The molecule has 0 amide bonds. The average molecular weight is 126 g/mol. The lowest BCUT2D eigenvalue weighted by Gasteiger charge is -1.99. The fraction of sp³-hybridized carbons (Fsp3) is 0.833. The highest BCUT2D eigenvalue weighted by Gasteiger charge is 2.21. The Morgan fingerprint density at radius 3 is 3.00 bits per heavy atom. The number of nitriles is 1. The first kappa shape index (κ1) is 6.53. The maximum absolute atomic E-state index is 8.24. The minimum atomic E-state index is 0.102. The van der Waals surface area contributed by atoms with Crippen LogP contribution in [0.2, 0.25) is 0 Å². The molecule has 0 aromatic heterocycles. The van der Waals surface area contributed by atoms with Crippen molar-refractivity contribution in [2.45, 2.75) is 25.0 Å². The van der Waals surface area contributed by atoms with Gasteiger partial charge < -0.3 is 10.5 Å². The second kappa shape index (κ2) is 2.81. The number of rotatable bonds is 1. The molecule has 0 bridgehead atoms. The van der Waals surface area contributed by atoms with Gasteiger partial charge in [0.15, 0.2) is 0 Å². The normalized spacial score (nSPS) is 34.2. The van der Waals surface area contributed by atoms with E-state index < -0.39 is 0 Å². The van der Waals surface area contributed by atoms with Crippen LogP contribution in [-0.2, 0) is 4.74 Å². The molecule has 2 unspecified atom stereocenters. The van der Waals surface area contributed by atoms with Crippen LogP contribution in [0.3, 0.4) is 0 Å². The van der Waals surface area contributed by atoms with Gasteiger partial charge in [-0.15, -0.1) is 0 Å². The third-order valence-electron chi connectivity index (χ3n) is 1.43. The highest BCUT2D eigenvalue weighted by molar-refractivity contribution is 4.83. The summed E-state index contributed by atoms with van der Waals surface area (Å²) < 4.78 is 5.16. The monoisotopic (exact) mass is 126 g/mol. The lowest BCUT2D eigenvalue weighted by Crippen LogP contribution is -2.19. The first-order valence-electron chi connectivity index (χ1n) is 3.07. The summed E-state index contributed by atoms with van der Waals surface area (Å²) in [5.74, 6) is 0. The summed E-state index contributed by atoms with van der Waals surface area (Å²) in [5.41, 5.74) is 5.52. The predicted octanol–water partition coefficient (Wildman–Crippen LogP) is 0.0163. The molecule has 3 heteroatoms. The number of nitrogens with two attached hydrogens (primary N) is 1. The molecule has 3 nitrogen and oxygen atoms in total. The smallest absolute Gasteiger partial charge is 0.0721 e. The Bertz CT molecular complexity index is 130. The summed E-state index contributed by atoms with van der Waals surface area (Å²) in [7, 11) is 0. The highest BCUT2D eigenvalue weighted by Crippen LogP contribution is 2.13. The molecular weight excluding hydrogens is 116 g/mol. The molecule has 0 aromatic carbocycles. The van der Waals surface area contributed by atoms with Crippen LogP contribution in [0.15, 0.2) is 0 Å². The summed E-state index contributed by atoms with van der Waals surface area (Å²) in [4.78, 5) is 0. The molecule has 1 heterocycles. The van der Waals surface area contributed by atoms with E-state index in [0.717, 1.165) is 6.42 Å². The fourth-order valence-corrected chi connectivity index (χ4v) is 0.978. The molecule has 9 heavy (non-hydrogen) atoms. The molecule has 1 fully saturated rings. The SMILES string of the molecule is N#CCC1CC(N)CO1. The summed E-state index contributed by atoms with van der Waals surface area (Å²) in [6, 6.07) is 2.21. The van der Waals surface area contributed by atoms with E-state index in [1.165, 1.54) is 0 Å². The van der Waals surface area contributed by atoms with Gasteiger partial charge in [-0.05, 0) is 6.42 Å². The van der Waals surface area contributed by atoms with Crippen molar-refractivity contribution < 1.29 is 4.74 Å². The van der Waals surface area contributed by atoms with Crippen LogP contribution in [0, 0.1) is 11.3 Å². The molecule has 1 rings (SSSR count). The van der Waals surface area contributed by atoms with Crippen molar-refractivity contribution in [3.8, 4) is 6.07 Å². The molecule has 0 saturated carbocycles. The van der Waals surface area contributed by atoms with E-state index in [1.54, 1.807) is 0 Å². The van der Waals surface area contributed by atoms with Gasteiger partial charge in [0, 0.05) is 6.04 Å². The van der Waals surface area contributed by atoms with Gasteiger partial charge in [-0.2, -0.15) is 5.26 Å². The van der Waals surface area contributed by atoms with Crippen molar-refractivity contribution in [2.75, 3.05) is 6.61 Å². The number of hydrogen-bond acceptors (Lipinski definition) is 3. The van der Waals surface area contributed by atoms with Crippen LogP contribution in [0.25, 0.3) is 0 Å². The molecule has 0 radical (unpaired) electrons. The van der Waals surface area contributed by atoms with E-state index in [2.05, 4.69) is 0 Å². The molecule has 2 atom stereocenters. The summed E-state index contributed by atoms with van der Waals surface area (Å²) in [6.45, 7) is 0.617. The third kappa shape index (κ3) is 1.67. The zero-order valence-electron chi connectivity index (χ0n) is 5.21. The molecule has 0 spiro atoms. The van der Waals surface area contributed by atoms with Crippen LogP contribution in [-0.4, -0.2) is 18.8 Å². The van der Waals surface area contributed by atoms with Gasteiger partial charge in [-0.3, -0.25) is 0 Å². The van der Waals surface area contributed by atoms with E-state index in [-0.39, 0.29) is 12.1 Å². The van der Waals surface area contributed by atoms with Gasteiger partial charge in [-0.25, -0.2) is 0 Å². The molecule has 0 aromatic rings. The van der Waals surface area contributed by atoms with E-state index >= 15 is 0 Å². The zero-order valence-corrected chi connectivity index (χ0v) is 5.21. The molecule has 2 N–H and O–H groups in total. The van der Waals surface area contributed by atoms with Gasteiger partial charge in [0.05, 0.1) is 25.2 Å². The molecule has 0 aliphatic carbocycles. The van der Waals surface area contributed by atoms with Crippen LogP contribution < -0.4 is 5.73 Å². The fourth-order valence-electron chi connectivity index (χ4n) is 0.978. The average Bonchev–Trinajstić information content (AvgIpc) is 2.17. The molecule has 1 aliphatic rings. The van der Waals surface area contributed by atoms with Gasteiger partial charge in [0.2, 0.25) is 0 Å². The maximum Gasteiger partial charge on any atom is 0.0721 e. The Balaban J connectivity index is 2.24. The zero-order chi connectivity index (χ0) is 6.69. The van der Waals surface area contributed by atoms with Gasteiger partial charge in [0.25, 0.3) is 0 Å². The Kier molecular flexibility index (Phi) is 2.04. The van der Waals surface area contributed by atoms with Crippen molar-refractivity contribution >= 4 is 0 Å². The van der Waals surface area contributed by atoms with Crippen LogP contribution >= 0.6 is 0 Å². The maximum atomic E-state index is 8.24. The van der Waals surface area contributed by atoms with Crippen molar-refractivity contribution in [3.63, 3.8) is 0 Å². The summed E-state index contributed by atoms with van der Waals surface area (Å²) >= 11 is 0. The van der Waals surface area contributed by atoms with E-state index in [9.17, 15) is 0 Å². The standard InChI is InChI=1S/C6H10N2O/c7-2-1-6-3-5(8)4-9-6/h5-6H,1,3-4,8H2. The van der Waals surface area contributed by atoms with Crippen molar-refractivity contribution in [3.05, 3.63) is 0 Å². The van der Waals surface area contributed by atoms with Gasteiger partial charge in [0.1, 0.15) is 0 Å². The second-order valence-corrected chi connectivity index (χ2v) is 2.31. The first-order valence-corrected chi connectivity index (χ1v) is 3.07. The molecule has 1 aliphatic heterocycles. The first-order chi connectivity index (χ1) is 4.33.